The molecule has 0 unspecified atom stereocenters. The van der Waals surface area contributed by atoms with E-state index in [4.69, 9.17) is 101 Å². The van der Waals surface area contributed by atoms with Crippen LogP contribution in [0.5, 0.6) is 0 Å². The van der Waals surface area contributed by atoms with Crippen molar-refractivity contribution < 1.29 is 198 Å². The SMILES string of the molecule is C.C.C.C.C.C.C#C[C@H]1CCCCN1.C#C[C@H]1CCCCN1c1nc(Cl)nc2c1CCC2.C#C[C@H]1CCCCN1c1nc(Cl)nc2c1CCC2.CO.COP(=O)(OC)C(=[N+]=[N-])C(C)=O.CO[C@H]1CCCCN1C(=O)C(F)(F)F.Clc1nc(Cl)c2c(n1)CCC2.O=C(N1CCCC[C@@H]1CO)C(F)(F)F.O=CO[O-].OC[C@H]1CCCCN1.[H-].[K+].[K+]. The van der Waals surface area contributed by atoms with Crippen molar-refractivity contribution >= 4 is 95.2 Å². The molecule has 3 aromatic heterocycles. The second-order valence-corrected chi connectivity index (χ2v) is 29.1. The molecular weight excluding hydrogens is 1690 g/mol. The molecule has 0 radical (unpaired) electrons. The van der Waals surface area contributed by atoms with Gasteiger partial charge >= 0.3 is 140 Å². The number of fused-ring (bicyclic) bond motifs is 3. The summed E-state index contributed by atoms with van der Waals surface area (Å²) in [6.07, 6.45) is 33.6. The molecule has 27 nitrogen and oxygen atoms in total. The van der Waals surface area contributed by atoms with Gasteiger partial charge in [0.2, 0.25) is 21.6 Å². The Morgan fingerprint density at radius 2 is 0.974 bits per heavy atom. The van der Waals surface area contributed by atoms with Gasteiger partial charge in [0.25, 0.3) is 6.47 Å². The Bertz CT molecular complexity index is 3440. The van der Waals surface area contributed by atoms with Crippen LogP contribution in [0, 0.1) is 37.0 Å². The molecule has 6 atom stereocenters. The van der Waals surface area contributed by atoms with Crippen LogP contribution in [0.3, 0.4) is 0 Å². The molecule has 5 N–H and O–H groups in total. The van der Waals surface area contributed by atoms with Gasteiger partial charge in [-0.05, 0) is 215 Å². The maximum Gasteiger partial charge on any atom is 1.00 e. The van der Waals surface area contributed by atoms with E-state index in [0.29, 0.717) is 60.1 Å². The van der Waals surface area contributed by atoms with Gasteiger partial charge in [0.05, 0.1) is 54.5 Å². The zero-order valence-electron chi connectivity index (χ0n) is 65.0. The number of anilines is 2. The molecule has 6 fully saturated rings. The third kappa shape index (κ3) is 41.9. The van der Waals surface area contributed by atoms with Crippen LogP contribution < -0.4 is 128 Å². The van der Waals surface area contributed by atoms with Crippen LogP contribution in [-0.2, 0) is 80.9 Å². The standard InChI is InChI=1S/2C14H16ClN3.2C8H12F3NO2.C7H6Cl2N2.C7H11N.C6H13NO.C5H9N2O4P.CH2O3.CH4O.6CH4.2K.H/c2*1-2-10-6-3-4-9-18(10)13-11-7-5-8-12(11)16-14(15)17-13;1-14-6-4-2-3-5-12(6)7(13)8(9,10)11;9-8(10,11)7(14)12-4-2-1-3-6(12)5-13;8-6-4-2-1-3-5(4)10-7(9)11-6;1-2-7-5-3-4-6-8-7;8-5-6-3-1-2-4-7-6;1-4(8)5(7-6)12(9,10-2)11-3;2-1-4-3;1-2;;;;;;;;;/h2*1,10H,3-9H2;6H,2-5H2,1H3;6,13H,1-5H2;1-3H2;1,7-8H,3-6H2;6-8H,1-5H2;1-3H3;1,3H;2H,1H3;6*1H4;;;/q;;;;;;;;;;;;;;;;2*+1;-1/p-1/t2*10-;2*6-;;7-;6-;;;;;;;;;;;;/m0001.01............/s1. The van der Waals surface area contributed by atoms with Gasteiger partial charge in [0, 0.05) is 84.3 Å². The summed E-state index contributed by atoms with van der Waals surface area (Å²) in [4.78, 5) is 77.8. The predicted octanol–water partition coefficient (Wildman–Crippen LogP) is 7.50. The Morgan fingerprint density at radius 3 is 1.32 bits per heavy atom. The molecule has 0 spiro atoms. The number of ketones is 1. The molecule has 9 heterocycles. The molecule has 117 heavy (non-hydrogen) atoms. The molecule has 12 rings (SSSR count). The third-order valence-corrected chi connectivity index (χ3v) is 21.2. The van der Waals surface area contributed by atoms with E-state index in [1.54, 1.807) is 0 Å². The molecule has 3 aromatic rings. The van der Waals surface area contributed by atoms with E-state index in [9.17, 15) is 45.3 Å². The van der Waals surface area contributed by atoms with Crippen LogP contribution in [0.15, 0.2) is 0 Å². The van der Waals surface area contributed by atoms with E-state index in [1.165, 1.54) is 69.6 Å². The van der Waals surface area contributed by atoms with Crippen molar-refractivity contribution in [2.24, 2.45) is 0 Å². The predicted molar refractivity (Wildman–Crippen MR) is 440 cm³/mol. The summed E-state index contributed by atoms with van der Waals surface area (Å²) in [6.45, 7) is 5.19. The number of carbonyl (C=O) groups excluding carboxylic acids is 4. The number of rotatable bonds is 10. The van der Waals surface area contributed by atoms with Crippen LogP contribution in [0.25, 0.3) is 5.53 Å². The smallest absolute Gasteiger partial charge is 1.00 e. The molecule has 2 amide bonds. The normalized spacial score (nSPS) is 19.5. The van der Waals surface area contributed by atoms with E-state index in [1.807, 2.05) is 0 Å². The number of amides is 2. The van der Waals surface area contributed by atoms with Crippen molar-refractivity contribution in [1.82, 2.24) is 50.3 Å². The molecule has 9 aliphatic rings. The topological polar surface area (TPSA) is 357 Å². The number of aryl methyl sites for hydroxylation is 3. The first-order valence-electron chi connectivity index (χ1n) is 35.9. The monoisotopic (exact) mass is 1820 g/mol. The van der Waals surface area contributed by atoms with E-state index >= 15 is 0 Å². The minimum atomic E-state index is -4.83. The molecule has 40 heteroatoms. The number of carbonyl (C=O) groups is 4. The average molecular weight is 1820 g/mol. The second kappa shape index (κ2) is 67.3. The van der Waals surface area contributed by atoms with Gasteiger partial charge in [-0.3, -0.25) is 19.2 Å². The van der Waals surface area contributed by atoms with E-state index < -0.39 is 61.9 Å². The first kappa shape index (κ1) is 125. The van der Waals surface area contributed by atoms with Gasteiger partial charge in [-0.2, -0.15) is 31.1 Å². The summed E-state index contributed by atoms with van der Waals surface area (Å²) in [5.74, 6) is 6.14. The van der Waals surface area contributed by atoms with Crippen molar-refractivity contribution in [2.75, 3.05) is 90.7 Å². The van der Waals surface area contributed by atoms with Crippen LogP contribution in [0.4, 0.5) is 38.0 Å². The van der Waals surface area contributed by atoms with E-state index in [-0.39, 0.29) is 186 Å². The van der Waals surface area contributed by atoms with Crippen molar-refractivity contribution in [3.8, 4) is 37.0 Å². The Hall–Kier alpha value is -3.14. The molecule has 658 valence electrons. The number of ether oxygens (including phenoxy) is 1. The number of aliphatic hydroxyl groups is 3. The Labute approximate surface area is 797 Å². The first-order valence-corrected chi connectivity index (χ1v) is 39.0. The minimum Gasteiger partial charge on any atom is -1.00 e. The number of piperidine rings is 6. The summed E-state index contributed by atoms with van der Waals surface area (Å²) >= 11 is 23.5. The Morgan fingerprint density at radius 1 is 0.581 bits per heavy atom. The number of nitrogens with one attached hydrogen (secondary N) is 2. The number of halogens is 10. The van der Waals surface area contributed by atoms with Gasteiger partial charge < -0.3 is 76.4 Å². The number of hydrogen-bond acceptors (Lipinski definition) is 23. The molecule has 6 saturated heterocycles. The number of aliphatic hydroxyl groups excluding tert-OH is 3. The number of hydrogen-bond donors (Lipinski definition) is 5. The fraction of sp³-hybridized carbons (Fsp3) is 0.701. The quantitative estimate of drug-likeness (QED) is 0.0107. The second-order valence-electron chi connectivity index (χ2n) is 25.5. The number of aromatic nitrogens is 6. The fourth-order valence-electron chi connectivity index (χ4n) is 13.1. The van der Waals surface area contributed by atoms with E-state index in [2.05, 4.69) is 86.8 Å². The van der Waals surface area contributed by atoms with Gasteiger partial charge in [-0.1, -0.05) is 80.3 Å². The van der Waals surface area contributed by atoms with Crippen LogP contribution in [-0.4, -0.2) is 219 Å². The summed E-state index contributed by atoms with van der Waals surface area (Å²) < 4.78 is 97.5. The van der Waals surface area contributed by atoms with Crippen LogP contribution >= 0.6 is 54.0 Å². The zero-order valence-corrected chi connectivity index (χ0v) is 74.2. The fourth-order valence-corrected chi connectivity index (χ4v) is 15.0. The number of Topliss-reactive ketones (excluding diaryl/α,β-unsaturated/α-hetero) is 1. The summed E-state index contributed by atoms with van der Waals surface area (Å²) in [6, 6.07) is 0.411. The Balaban J connectivity index is -0.000000237. The van der Waals surface area contributed by atoms with Gasteiger partial charge in [0.1, 0.15) is 23.0 Å². The van der Waals surface area contributed by atoms with Crippen LogP contribution in [0.2, 0.25) is 21.0 Å². The number of likely N-dealkylation sites (tertiary alicyclic amines) is 2. The third-order valence-electron chi connectivity index (χ3n) is 18.5. The molecule has 0 saturated carbocycles. The van der Waals surface area contributed by atoms with Gasteiger partial charge in [-0.25, -0.2) is 34.5 Å². The maximum atomic E-state index is 12.1. The number of terminal acetylenes is 3. The van der Waals surface area contributed by atoms with Crippen LogP contribution in [0.1, 0.15) is 222 Å². The first-order chi connectivity index (χ1) is 52.1. The molecule has 6 aliphatic heterocycles. The maximum absolute atomic E-state index is 12.1. The molecule has 0 aromatic carbocycles. The number of methoxy groups -OCH3 is 1. The zero-order chi connectivity index (χ0) is 81.3. The van der Waals surface area contributed by atoms with Crippen molar-refractivity contribution in [3.63, 3.8) is 0 Å². The van der Waals surface area contributed by atoms with Gasteiger partial charge in [-0.15, -0.1) is 19.3 Å². The van der Waals surface area contributed by atoms with Crippen molar-refractivity contribution in [2.45, 2.75) is 274 Å². The largest absolute Gasteiger partial charge is 1.00 e. The number of alkyl halides is 6. The molecular formula is C77H125Cl4F6K2N14O13P. The molecule has 0 bridgehead atoms. The summed E-state index contributed by atoms with van der Waals surface area (Å²) in [5.41, 5.74) is 14.6. The summed E-state index contributed by atoms with van der Waals surface area (Å²) in [5, 5.41) is 40.8. The van der Waals surface area contributed by atoms with Gasteiger partial charge in [0.15, 0.2) is 0 Å². The minimum absolute atomic E-state index is 0. The van der Waals surface area contributed by atoms with E-state index in [0.717, 1.165) is 195 Å². The summed E-state index contributed by atoms with van der Waals surface area (Å²) in [7, 11) is 0.806. The Kier molecular flexibility index (Phi) is 71.7. The average Bonchev–Trinajstić information content (AvgIpc) is 1.58. The van der Waals surface area contributed by atoms with Crippen molar-refractivity contribution in [3.05, 3.63) is 60.3 Å². The van der Waals surface area contributed by atoms with Crippen molar-refractivity contribution in [1.29, 1.82) is 0 Å². The molecule has 3 aliphatic carbocycles. The number of nitrogens with zero attached hydrogens (tertiary/aromatic N) is 12.